The van der Waals surface area contributed by atoms with Crippen LogP contribution in [0, 0.1) is 6.92 Å². The van der Waals surface area contributed by atoms with Gasteiger partial charge in [-0.1, -0.05) is 0 Å². The Kier molecular flexibility index (Phi) is 3.65. The molecule has 2 rings (SSSR count). The van der Waals surface area contributed by atoms with E-state index in [9.17, 15) is 0 Å². The highest BCUT2D eigenvalue weighted by Crippen LogP contribution is 2.21. The van der Waals surface area contributed by atoms with Crippen LogP contribution in [0.5, 0.6) is 5.88 Å². The molecule has 17 heavy (non-hydrogen) atoms. The normalized spacial score (nSPS) is 10.2. The zero-order valence-electron chi connectivity index (χ0n) is 10.1. The first-order chi connectivity index (χ1) is 8.29. The van der Waals surface area contributed by atoms with Crippen molar-refractivity contribution in [3.63, 3.8) is 0 Å². The minimum atomic E-state index is 0.603. The van der Waals surface area contributed by atoms with E-state index in [2.05, 4.69) is 10.3 Å². The summed E-state index contributed by atoms with van der Waals surface area (Å²) < 4.78 is 10.9. The van der Waals surface area contributed by atoms with Crippen molar-refractivity contribution >= 4 is 5.69 Å². The lowest BCUT2D eigenvalue weighted by atomic mass is 10.3. The number of hydrogen-bond acceptors (Lipinski definition) is 4. The molecule has 0 saturated carbocycles. The number of aryl methyl sites for hydroxylation is 1. The van der Waals surface area contributed by atoms with Gasteiger partial charge in [0.1, 0.15) is 11.5 Å². The third-order valence-corrected chi connectivity index (χ3v) is 2.30. The van der Waals surface area contributed by atoms with Crippen LogP contribution < -0.4 is 10.1 Å². The monoisotopic (exact) mass is 232 g/mol. The molecule has 4 heteroatoms. The summed E-state index contributed by atoms with van der Waals surface area (Å²) in [4.78, 5) is 4.17. The van der Waals surface area contributed by atoms with Crippen LogP contribution in [0.15, 0.2) is 34.9 Å². The van der Waals surface area contributed by atoms with Gasteiger partial charge in [0, 0.05) is 6.20 Å². The van der Waals surface area contributed by atoms with Gasteiger partial charge < -0.3 is 14.5 Å². The Bertz CT molecular complexity index is 480. The summed E-state index contributed by atoms with van der Waals surface area (Å²) in [6, 6.07) is 7.72. The number of nitrogens with one attached hydrogen (secondary N) is 1. The van der Waals surface area contributed by atoms with Crippen LogP contribution in [0.25, 0.3) is 0 Å². The van der Waals surface area contributed by atoms with Crippen LogP contribution in [0.2, 0.25) is 0 Å². The largest absolute Gasteiger partial charge is 0.476 e. The number of nitrogens with zero attached hydrogens (tertiary/aromatic N) is 1. The first-order valence-corrected chi connectivity index (χ1v) is 5.66. The molecular formula is C13H16N2O2. The lowest BCUT2D eigenvalue weighted by Crippen LogP contribution is -2.03. The average molecular weight is 232 g/mol. The Labute approximate surface area is 101 Å². The van der Waals surface area contributed by atoms with Crippen LogP contribution in [0.3, 0.4) is 0 Å². The van der Waals surface area contributed by atoms with Crippen LogP contribution in [-0.2, 0) is 6.54 Å². The van der Waals surface area contributed by atoms with Crippen molar-refractivity contribution in [3.8, 4) is 5.88 Å². The smallest absolute Gasteiger partial charge is 0.237 e. The summed E-state index contributed by atoms with van der Waals surface area (Å²) in [6.07, 6.45) is 1.72. The molecule has 0 aliphatic carbocycles. The van der Waals surface area contributed by atoms with Crippen LogP contribution in [0.1, 0.15) is 18.4 Å². The van der Waals surface area contributed by atoms with Gasteiger partial charge in [-0.15, -0.1) is 0 Å². The molecule has 0 aromatic carbocycles. The van der Waals surface area contributed by atoms with E-state index >= 15 is 0 Å². The third kappa shape index (κ3) is 3.00. The predicted octanol–water partition coefficient (Wildman–Crippen LogP) is 2.99. The molecule has 0 amide bonds. The second kappa shape index (κ2) is 5.39. The standard InChI is InChI=1S/C13H16N2O2/c1-3-16-13-12(5-4-8-14-13)15-9-11-7-6-10(2)17-11/h4-8,15H,3,9H2,1-2H3. The highest BCUT2D eigenvalue weighted by Gasteiger charge is 2.04. The van der Waals surface area contributed by atoms with E-state index in [4.69, 9.17) is 9.15 Å². The van der Waals surface area contributed by atoms with Crippen molar-refractivity contribution in [3.05, 3.63) is 42.0 Å². The van der Waals surface area contributed by atoms with Gasteiger partial charge in [-0.25, -0.2) is 4.98 Å². The van der Waals surface area contributed by atoms with Gasteiger partial charge >= 0.3 is 0 Å². The fourth-order valence-corrected chi connectivity index (χ4v) is 1.54. The summed E-state index contributed by atoms with van der Waals surface area (Å²) >= 11 is 0. The second-order valence-corrected chi connectivity index (χ2v) is 3.66. The average Bonchev–Trinajstić information content (AvgIpc) is 2.74. The number of furan rings is 1. The van der Waals surface area contributed by atoms with Gasteiger partial charge in [0.15, 0.2) is 0 Å². The lowest BCUT2D eigenvalue weighted by Gasteiger charge is -2.09. The molecule has 0 saturated heterocycles. The molecule has 2 aromatic rings. The number of pyridine rings is 1. The lowest BCUT2D eigenvalue weighted by molar-refractivity contribution is 0.328. The fraction of sp³-hybridized carbons (Fsp3) is 0.308. The summed E-state index contributed by atoms with van der Waals surface area (Å²) in [5, 5.41) is 3.25. The molecule has 2 heterocycles. The Morgan fingerprint density at radius 2 is 2.24 bits per heavy atom. The molecule has 90 valence electrons. The summed E-state index contributed by atoms with van der Waals surface area (Å²) in [5.41, 5.74) is 0.878. The number of anilines is 1. The fourth-order valence-electron chi connectivity index (χ4n) is 1.54. The maximum atomic E-state index is 5.48. The second-order valence-electron chi connectivity index (χ2n) is 3.66. The quantitative estimate of drug-likeness (QED) is 0.860. The van der Waals surface area contributed by atoms with Crippen LogP contribution >= 0.6 is 0 Å². The van der Waals surface area contributed by atoms with Crippen LogP contribution in [0.4, 0.5) is 5.69 Å². The SMILES string of the molecule is CCOc1ncccc1NCc1ccc(C)o1. The summed E-state index contributed by atoms with van der Waals surface area (Å²) in [5.74, 6) is 2.44. The maximum Gasteiger partial charge on any atom is 0.237 e. The summed E-state index contributed by atoms with van der Waals surface area (Å²) in [6.45, 7) is 5.10. The van der Waals surface area contributed by atoms with E-state index < -0.39 is 0 Å². The van der Waals surface area contributed by atoms with Gasteiger partial charge in [0.2, 0.25) is 5.88 Å². The van der Waals surface area contributed by atoms with Gasteiger partial charge in [-0.2, -0.15) is 0 Å². The van der Waals surface area contributed by atoms with Crippen molar-refractivity contribution in [2.24, 2.45) is 0 Å². The topological polar surface area (TPSA) is 47.3 Å². The first kappa shape index (κ1) is 11.5. The zero-order chi connectivity index (χ0) is 12.1. The molecule has 0 aliphatic heterocycles. The minimum Gasteiger partial charge on any atom is -0.476 e. The van der Waals surface area contributed by atoms with Crippen LogP contribution in [-0.4, -0.2) is 11.6 Å². The van der Waals surface area contributed by atoms with E-state index in [1.807, 2.05) is 38.1 Å². The molecule has 4 nitrogen and oxygen atoms in total. The van der Waals surface area contributed by atoms with E-state index in [0.717, 1.165) is 17.2 Å². The van der Waals surface area contributed by atoms with E-state index in [0.29, 0.717) is 19.0 Å². The molecule has 0 aliphatic rings. The van der Waals surface area contributed by atoms with Crippen molar-refractivity contribution in [1.82, 2.24) is 4.98 Å². The van der Waals surface area contributed by atoms with E-state index in [1.54, 1.807) is 6.20 Å². The molecule has 2 aromatic heterocycles. The minimum absolute atomic E-state index is 0.603. The zero-order valence-corrected chi connectivity index (χ0v) is 10.1. The Morgan fingerprint density at radius 1 is 1.35 bits per heavy atom. The van der Waals surface area contributed by atoms with Crippen molar-refractivity contribution in [1.29, 1.82) is 0 Å². The molecule has 1 N–H and O–H groups in total. The Balaban J connectivity index is 2.03. The summed E-state index contributed by atoms with van der Waals surface area (Å²) in [7, 11) is 0. The van der Waals surface area contributed by atoms with Crippen molar-refractivity contribution in [2.75, 3.05) is 11.9 Å². The Morgan fingerprint density at radius 3 is 2.94 bits per heavy atom. The molecule has 0 fully saturated rings. The van der Waals surface area contributed by atoms with Crippen molar-refractivity contribution < 1.29 is 9.15 Å². The highest BCUT2D eigenvalue weighted by molar-refractivity contribution is 5.52. The van der Waals surface area contributed by atoms with E-state index in [-0.39, 0.29) is 0 Å². The molecule has 0 atom stereocenters. The van der Waals surface area contributed by atoms with E-state index in [1.165, 1.54) is 0 Å². The molecule has 0 bridgehead atoms. The number of ether oxygens (including phenoxy) is 1. The molecular weight excluding hydrogens is 216 g/mol. The number of hydrogen-bond donors (Lipinski definition) is 1. The Hall–Kier alpha value is -1.97. The first-order valence-electron chi connectivity index (χ1n) is 5.66. The molecule has 0 unspecified atom stereocenters. The number of rotatable bonds is 5. The molecule has 0 spiro atoms. The van der Waals surface area contributed by atoms with Gasteiger partial charge in [0.05, 0.1) is 18.8 Å². The highest BCUT2D eigenvalue weighted by atomic mass is 16.5. The van der Waals surface area contributed by atoms with Gasteiger partial charge in [-0.3, -0.25) is 0 Å². The predicted molar refractivity (Wildman–Crippen MR) is 66.2 cm³/mol. The van der Waals surface area contributed by atoms with Gasteiger partial charge in [0.25, 0.3) is 0 Å². The van der Waals surface area contributed by atoms with Gasteiger partial charge in [-0.05, 0) is 38.1 Å². The van der Waals surface area contributed by atoms with Crippen molar-refractivity contribution in [2.45, 2.75) is 20.4 Å². The molecule has 0 radical (unpaired) electrons. The third-order valence-electron chi connectivity index (χ3n) is 2.30. The maximum absolute atomic E-state index is 5.48. The number of aromatic nitrogens is 1.